The number of anilines is 2. The Morgan fingerprint density at radius 1 is 1.35 bits per heavy atom. The van der Waals surface area contributed by atoms with E-state index in [0.29, 0.717) is 24.4 Å². The molecule has 0 saturated carbocycles. The molecule has 2 aromatic rings. The summed E-state index contributed by atoms with van der Waals surface area (Å²) in [6.45, 7) is 2.99. The van der Waals surface area contributed by atoms with Crippen LogP contribution in [0, 0.1) is 5.82 Å². The molecule has 6 heteroatoms. The van der Waals surface area contributed by atoms with Crippen LogP contribution in [0.4, 0.5) is 15.2 Å². The number of morpholine rings is 1. The van der Waals surface area contributed by atoms with Crippen LogP contribution in [-0.4, -0.2) is 31.3 Å². The maximum absolute atomic E-state index is 13.6. The third-order valence-corrected chi connectivity index (χ3v) is 3.80. The van der Waals surface area contributed by atoms with Gasteiger partial charge in [0.2, 0.25) is 0 Å². The normalized spacial score (nSPS) is 16.6. The number of hydrogen-bond acceptors (Lipinski definition) is 5. The predicted molar refractivity (Wildman–Crippen MR) is 67.0 cm³/mol. The van der Waals surface area contributed by atoms with Crippen LogP contribution in [0.5, 0.6) is 0 Å². The number of halogens is 1. The molecule has 1 aliphatic heterocycles. The van der Waals surface area contributed by atoms with Gasteiger partial charge in [0.1, 0.15) is 5.52 Å². The smallest absolute Gasteiger partial charge is 0.186 e. The number of ether oxygens (including phenoxy) is 1. The van der Waals surface area contributed by atoms with Crippen LogP contribution >= 0.6 is 11.3 Å². The first-order valence-corrected chi connectivity index (χ1v) is 6.24. The summed E-state index contributed by atoms with van der Waals surface area (Å²) in [5.41, 5.74) is 6.46. The summed E-state index contributed by atoms with van der Waals surface area (Å²) >= 11 is 1.47. The minimum absolute atomic E-state index is 0.351. The zero-order valence-electron chi connectivity index (χ0n) is 9.15. The van der Waals surface area contributed by atoms with Crippen molar-refractivity contribution in [2.24, 2.45) is 0 Å². The third-order valence-electron chi connectivity index (χ3n) is 2.74. The van der Waals surface area contributed by atoms with Crippen LogP contribution in [0.2, 0.25) is 0 Å². The van der Waals surface area contributed by atoms with Gasteiger partial charge in [-0.3, -0.25) is 0 Å². The number of aromatic nitrogens is 1. The van der Waals surface area contributed by atoms with Crippen molar-refractivity contribution in [3.8, 4) is 0 Å². The summed E-state index contributed by atoms with van der Waals surface area (Å²) in [6, 6.07) is 3.07. The first-order valence-electron chi connectivity index (χ1n) is 5.42. The van der Waals surface area contributed by atoms with Crippen molar-refractivity contribution in [3.05, 3.63) is 17.9 Å². The first-order chi connectivity index (χ1) is 8.24. The highest BCUT2D eigenvalue weighted by Gasteiger charge is 2.17. The number of nitrogens with zero attached hydrogens (tertiary/aromatic N) is 2. The zero-order valence-corrected chi connectivity index (χ0v) is 9.97. The third kappa shape index (κ3) is 1.94. The number of thiazole rings is 1. The van der Waals surface area contributed by atoms with Gasteiger partial charge in [-0.25, -0.2) is 9.37 Å². The molecule has 4 nitrogen and oxygen atoms in total. The summed E-state index contributed by atoms with van der Waals surface area (Å²) in [7, 11) is 0. The fourth-order valence-corrected chi connectivity index (χ4v) is 2.97. The van der Waals surface area contributed by atoms with Gasteiger partial charge >= 0.3 is 0 Å². The van der Waals surface area contributed by atoms with Crippen LogP contribution in [-0.2, 0) is 4.74 Å². The van der Waals surface area contributed by atoms with Crippen molar-refractivity contribution in [1.82, 2.24) is 4.98 Å². The highest BCUT2D eigenvalue weighted by atomic mass is 32.1. The van der Waals surface area contributed by atoms with E-state index in [1.165, 1.54) is 17.4 Å². The Kier molecular flexibility index (Phi) is 2.60. The van der Waals surface area contributed by atoms with Gasteiger partial charge in [0, 0.05) is 18.8 Å². The molecule has 0 radical (unpaired) electrons. The molecule has 90 valence electrons. The largest absolute Gasteiger partial charge is 0.399 e. The molecule has 1 fully saturated rings. The molecule has 0 atom stereocenters. The second-order valence-electron chi connectivity index (χ2n) is 3.95. The summed E-state index contributed by atoms with van der Waals surface area (Å²) in [4.78, 5) is 6.45. The van der Waals surface area contributed by atoms with Gasteiger partial charge in [0.15, 0.2) is 10.9 Å². The lowest BCUT2D eigenvalue weighted by molar-refractivity contribution is 0.122. The Morgan fingerprint density at radius 3 is 2.88 bits per heavy atom. The monoisotopic (exact) mass is 253 g/mol. The van der Waals surface area contributed by atoms with Crippen LogP contribution < -0.4 is 10.6 Å². The van der Waals surface area contributed by atoms with E-state index in [-0.39, 0.29) is 5.82 Å². The molecule has 0 aliphatic carbocycles. The van der Waals surface area contributed by atoms with Gasteiger partial charge in [-0.15, -0.1) is 0 Å². The summed E-state index contributed by atoms with van der Waals surface area (Å²) in [5.74, 6) is -0.351. The SMILES string of the molecule is Nc1cc(F)c2nc(N3CCOCC3)sc2c1. The number of rotatable bonds is 1. The highest BCUT2D eigenvalue weighted by Crippen LogP contribution is 2.32. The average Bonchev–Trinajstić information content (AvgIpc) is 2.74. The predicted octanol–water partition coefficient (Wildman–Crippen LogP) is 1.85. The van der Waals surface area contributed by atoms with Gasteiger partial charge < -0.3 is 15.4 Å². The number of fused-ring (bicyclic) bond motifs is 1. The molecule has 1 aromatic carbocycles. The molecule has 3 rings (SSSR count). The average molecular weight is 253 g/mol. The summed E-state index contributed by atoms with van der Waals surface area (Å²) in [5, 5.41) is 0.841. The molecule has 0 bridgehead atoms. The molecule has 1 aromatic heterocycles. The molecule has 0 spiro atoms. The van der Waals surface area contributed by atoms with Crippen molar-refractivity contribution in [2.75, 3.05) is 36.9 Å². The minimum Gasteiger partial charge on any atom is -0.399 e. The van der Waals surface area contributed by atoms with Crippen molar-refractivity contribution >= 4 is 32.4 Å². The van der Waals surface area contributed by atoms with E-state index in [1.807, 2.05) is 0 Å². The topological polar surface area (TPSA) is 51.4 Å². The number of nitrogen functional groups attached to an aromatic ring is 1. The van der Waals surface area contributed by atoms with Gasteiger partial charge in [-0.05, 0) is 12.1 Å². The maximum Gasteiger partial charge on any atom is 0.186 e. The Hall–Kier alpha value is -1.40. The molecule has 0 unspecified atom stereocenters. The standard InChI is InChI=1S/C11H12FN3OS/c12-8-5-7(13)6-9-10(8)14-11(17-9)15-1-3-16-4-2-15/h5-6H,1-4,13H2. The van der Waals surface area contributed by atoms with E-state index < -0.39 is 0 Å². The molecular formula is C11H12FN3OS. The van der Waals surface area contributed by atoms with Crippen LogP contribution in [0.1, 0.15) is 0 Å². The van der Waals surface area contributed by atoms with E-state index in [9.17, 15) is 4.39 Å². The fraction of sp³-hybridized carbons (Fsp3) is 0.364. The van der Waals surface area contributed by atoms with Crippen molar-refractivity contribution in [3.63, 3.8) is 0 Å². The Morgan fingerprint density at radius 2 is 2.12 bits per heavy atom. The Bertz CT molecular complexity index is 551. The molecule has 1 saturated heterocycles. The van der Waals surface area contributed by atoms with Crippen LogP contribution in [0.3, 0.4) is 0 Å². The lowest BCUT2D eigenvalue weighted by atomic mass is 10.3. The van der Waals surface area contributed by atoms with Gasteiger partial charge in [-0.2, -0.15) is 0 Å². The lowest BCUT2D eigenvalue weighted by Crippen LogP contribution is -2.36. The Balaban J connectivity index is 2.03. The molecular weight excluding hydrogens is 241 g/mol. The van der Waals surface area contributed by atoms with E-state index in [1.54, 1.807) is 6.07 Å². The first kappa shape index (κ1) is 10.7. The number of hydrogen-bond donors (Lipinski definition) is 1. The quantitative estimate of drug-likeness (QED) is 0.788. The second kappa shape index (κ2) is 4.12. The zero-order chi connectivity index (χ0) is 11.8. The minimum atomic E-state index is -0.351. The fourth-order valence-electron chi connectivity index (χ4n) is 1.89. The molecule has 1 aliphatic rings. The van der Waals surface area contributed by atoms with Crippen molar-refractivity contribution in [1.29, 1.82) is 0 Å². The number of benzene rings is 1. The molecule has 2 heterocycles. The summed E-state index contributed by atoms with van der Waals surface area (Å²) < 4.78 is 19.7. The van der Waals surface area contributed by atoms with Gasteiger partial charge in [0.25, 0.3) is 0 Å². The second-order valence-corrected chi connectivity index (χ2v) is 4.95. The highest BCUT2D eigenvalue weighted by molar-refractivity contribution is 7.22. The van der Waals surface area contributed by atoms with Crippen molar-refractivity contribution in [2.45, 2.75) is 0 Å². The van der Waals surface area contributed by atoms with E-state index in [4.69, 9.17) is 10.5 Å². The van der Waals surface area contributed by atoms with Gasteiger partial charge in [-0.1, -0.05) is 11.3 Å². The van der Waals surface area contributed by atoms with Crippen molar-refractivity contribution < 1.29 is 9.13 Å². The number of nitrogens with two attached hydrogens (primary N) is 1. The van der Waals surface area contributed by atoms with Crippen LogP contribution in [0.15, 0.2) is 12.1 Å². The summed E-state index contributed by atoms with van der Waals surface area (Å²) in [6.07, 6.45) is 0. The van der Waals surface area contributed by atoms with E-state index >= 15 is 0 Å². The maximum atomic E-state index is 13.6. The van der Waals surface area contributed by atoms with E-state index in [0.717, 1.165) is 22.9 Å². The Labute approximate surface area is 102 Å². The van der Waals surface area contributed by atoms with Crippen LogP contribution in [0.25, 0.3) is 10.2 Å². The lowest BCUT2D eigenvalue weighted by Gasteiger charge is -2.25. The molecule has 17 heavy (non-hydrogen) atoms. The van der Waals surface area contributed by atoms with E-state index in [2.05, 4.69) is 9.88 Å². The molecule has 0 amide bonds. The van der Waals surface area contributed by atoms with Gasteiger partial charge in [0.05, 0.1) is 17.9 Å². The molecule has 2 N–H and O–H groups in total.